The lowest BCUT2D eigenvalue weighted by Crippen LogP contribution is -2.43. The first kappa shape index (κ1) is 32.6. The molecule has 43 heavy (non-hydrogen) atoms. The van der Waals surface area contributed by atoms with Crippen molar-refractivity contribution >= 4 is 11.8 Å². The number of nitriles is 3. The van der Waals surface area contributed by atoms with E-state index in [0.29, 0.717) is 17.1 Å². The summed E-state index contributed by atoms with van der Waals surface area (Å²) in [5.74, 6) is -0.0287. The molecule has 2 aromatic rings. The first-order chi connectivity index (χ1) is 20.7. The number of benzene rings is 2. The Bertz CT molecular complexity index is 1480. The Morgan fingerprint density at radius 1 is 0.930 bits per heavy atom. The third kappa shape index (κ3) is 6.47. The van der Waals surface area contributed by atoms with Crippen molar-refractivity contribution in [3.05, 3.63) is 82.1 Å². The van der Waals surface area contributed by atoms with Crippen molar-refractivity contribution in [2.24, 2.45) is 0 Å². The molecule has 10 heteroatoms. The number of halogens is 3. The average Bonchev–Trinajstić information content (AvgIpc) is 3.36. The van der Waals surface area contributed by atoms with Crippen LogP contribution in [0.15, 0.2) is 71.0 Å². The number of ether oxygens (including phenoxy) is 3. The van der Waals surface area contributed by atoms with Gasteiger partial charge in [0.2, 0.25) is 0 Å². The zero-order valence-electron chi connectivity index (χ0n) is 24.6. The summed E-state index contributed by atoms with van der Waals surface area (Å²) in [5.41, 5.74) is -4.20. The number of hydrogen-bond donors (Lipinski definition) is 0. The Balaban J connectivity index is 2.31. The highest BCUT2D eigenvalue weighted by Crippen LogP contribution is 2.56. The van der Waals surface area contributed by atoms with Crippen molar-refractivity contribution in [2.75, 3.05) is 32.2 Å². The van der Waals surface area contributed by atoms with Gasteiger partial charge in [-0.25, -0.2) is 0 Å². The van der Waals surface area contributed by atoms with E-state index in [1.807, 2.05) is 0 Å². The Morgan fingerprint density at radius 3 is 1.93 bits per heavy atom. The summed E-state index contributed by atoms with van der Waals surface area (Å²) in [4.78, 5) is 2.22. The molecule has 1 atom stereocenters. The lowest BCUT2D eigenvalue weighted by atomic mass is 9.83. The van der Waals surface area contributed by atoms with Crippen molar-refractivity contribution < 1.29 is 27.4 Å². The Kier molecular flexibility index (Phi) is 10.9. The highest BCUT2D eigenvalue weighted by Gasteiger charge is 2.65. The highest BCUT2D eigenvalue weighted by atomic mass is 19.4. The number of unbranched alkanes of at least 4 members (excludes halogenated alkanes) is 2. The highest BCUT2D eigenvalue weighted by molar-refractivity contribution is 5.74. The second kappa shape index (κ2) is 14.3. The summed E-state index contributed by atoms with van der Waals surface area (Å²) in [6.07, 6.45) is 1.36. The van der Waals surface area contributed by atoms with Crippen molar-refractivity contribution in [1.82, 2.24) is 0 Å². The molecule has 0 amide bonds. The summed E-state index contributed by atoms with van der Waals surface area (Å²) < 4.78 is 62.2. The zero-order valence-corrected chi connectivity index (χ0v) is 24.6. The van der Waals surface area contributed by atoms with Crippen LogP contribution in [-0.4, -0.2) is 33.5 Å². The minimum atomic E-state index is -5.09. The fourth-order valence-corrected chi connectivity index (χ4v) is 4.94. The molecule has 0 bridgehead atoms. The minimum absolute atomic E-state index is 0.322. The van der Waals surface area contributed by atoms with Crippen LogP contribution in [0, 0.1) is 34.0 Å². The largest absolute Gasteiger partial charge is 0.496 e. The number of methoxy groups -OCH3 is 2. The monoisotopic (exact) mass is 590 g/mol. The van der Waals surface area contributed by atoms with Crippen molar-refractivity contribution in [2.45, 2.75) is 51.3 Å². The van der Waals surface area contributed by atoms with Gasteiger partial charge in [0.15, 0.2) is 11.3 Å². The molecule has 1 aliphatic heterocycles. The summed E-state index contributed by atoms with van der Waals surface area (Å²) in [7, 11) is 2.90. The fourth-order valence-electron chi connectivity index (χ4n) is 4.94. The molecule has 2 aromatic carbocycles. The first-order valence-corrected chi connectivity index (χ1v) is 13.9. The second-order valence-corrected chi connectivity index (χ2v) is 9.77. The number of nitrogens with zero attached hydrogens (tertiary/aromatic N) is 4. The molecule has 0 aliphatic carbocycles. The van der Waals surface area contributed by atoms with Crippen LogP contribution in [0.25, 0.3) is 6.08 Å². The van der Waals surface area contributed by atoms with E-state index in [4.69, 9.17) is 14.2 Å². The number of hydrogen-bond acceptors (Lipinski definition) is 7. The number of anilines is 1. The zero-order chi connectivity index (χ0) is 31.6. The van der Waals surface area contributed by atoms with Gasteiger partial charge in [-0.3, -0.25) is 0 Å². The SMILES string of the molecule is CCCCN(CCCC)c1cc(OC)c(C=CC2=C(C#N)C(=C(C#N)C#N)OC2(c2ccccc2)C(F)(F)F)c(OC)c1. The van der Waals surface area contributed by atoms with Gasteiger partial charge in [0.05, 0.1) is 19.8 Å². The van der Waals surface area contributed by atoms with Gasteiger partial charge in [0.25, 0.3) is 5.60 Å². The summed E-state index contributed by atoms with van der Waals surface area (Å²) in [6.45, 7) is 5.84. The van der Waals surface area contributed by atoms with Crippen LogP contribution in [0.3, 0.4) is 0 Å². The lowest BCUT2D eigenvalue weighted by Gasteiger charge is -2.33. The van der Waals surface area contributed by atoms with E-state index in [9.17, 15) is 15.8 Å². The smallest absolute Gasteiger partial charge is 0.437 e. The van der Waals surface area contributed by atoms with E-state index in [1.165, 1.54) is 44.6 Å². The van der Waals surface area contributed by atoms with Crippen molar-refractivity contribution in [3.63, 3.8) is 0 Å². The van der Waals surface area contributed by atoms with Crippen molar-refractivity contribution in [1.29, 1.82) is 15.8 Å². The van der Waals surface area contributed by atoms with Crippen molar-refractivity contribution in [3.8, 4) is 29.7 Å². The molecule has 1 unspecified atom stereocenters. The van der Waals surface area contributed by atoms with Gasteiger partial charge in [-0.2, -0.15) is 29.0 Å². The first-order valence-electron chi connectivity index (χ1n) is 13.9. The van der Waals surface area contributed by atoms with Crippen LogP contribution in [0.4, 0.5) is 18.9 Å². The molecule has 0 fully saturated rings. The van der Waals surface area contributed by atoms with E-state index in [1.54, 1.807) is 36.4 Å². The van der Waals surface area contributed by atoms with Gasteiger partial charge in [0.1, 0.15) is 35.3 Å². The molecule has 1 aliphatic rings. The van der Waals surface area contributed by atoms with Crippen LogP contribution < -0.4 is 14.4 Å². The maximum Gasteiger partial charge on any atom is 0.437 e. The van der Waals surface area contributed by atoms with E-state index < -0.39 is 34.3 Å². The normalized spacial score (nSPS) is 16.3. The van der Waals surface area contributed by atoms with Gasteiger partial charge >= 0.3 is 6.18 Å². The van der Waals surface area contributed by atoms with Crippen LogP contribution in [0.1, 0.15) is 50.7 Å². The third-order valence-electron chi connectivity index (χ3n) is 7.15. The summed E-state index contributed by atoms with van der Waals surface area (Å²) >= 11 is 0. The lowest BCUT2D eigenvalue weighted by molar-refractivity contribution is -0.249. The van der Waals surface area contributed by atoms with E-state index in [2.05, 4.69) is 18.7 Å². The Hall–Kier alpha value is -4.88. The van der Waals surface area contributed by atoms with Gasteiger partial charge in [-0.15, -0.1) is 0 Å². The maximum atomic E-state index is 15.1. The third-order valence-corrected chi connectivity index (χ3v) is 7.15. The van der Waals surface area contributed by atoms with E-state index in [-0.39, 0.29) is 5.56 Å². The topological polar surface area (TPSA) is 102 Å². The maximum absolute atomic E-state index is 15.1. The van der Waals surface area contributed by atoms with E-state index in [0.717, 1.165) is 50.5 Å². The predicted octanol–water partition coefficient (Wildman–Crippen LogP) is 7.73. The van der Waals surface area contributed by atoms with E-state index >= 15 is 13.2 Å². The molecular weight excluding hydrogens is 557 g/mol. The minimum Gasteiger partial charge on any atom is -0.496 e. The van der Waals surface area contributed by atoms with Gasteiger partial charge < -0.3 is 19.1 Å². The van der Waals surface area contributed by atoms with Crippen LogP contribution in [0.5, 0.6) is 11.5 Å². The molecule has 0 saturated carbocycles. The number of alkyl halides is 3. The summed E-state index contributed by atoms with van der Waals surface area (Å²) in [6, 6.07) is 15.2. The Morgan fingerprint density at radius 2 is 1.49 bits per heavy atom. The molecule has 0 saturated heterocycles. The van der Waals surface area contributed by atoms with Crippen LogP contribution >= 0.6 is 0 Å². The molecule has 0 N–H and O–H groups in total. The molecule has 0 aromatic heterocycles. The van der Waals surface area contributed by atoms with Gasteiger partial charge in [-0.05, 0) is 18.9 Å². The average molecular weight is 591 g/mol. The predicted molar refractivity (Wildman–Crippen MR) is 157 cm³/mol. The molecule has 7 nitrogen and oxygen atoms in total. The van der Waals surface area contributed by atoms with Gasteiger partial charge in [-0.1, -0.05) is 63.1 Å². The number of allylic oxidation sites excluding steroid dienone is 2. The standard InChI is InChI=1S/C33H33F3N4O3/c1-5-7-16-40(17-8-6-2)25-18-29(41-3)26(30(19-25)42-4)14-15-28-27(22-39)31(23(20-37)21-38)43-32(28,33(34,35)36)24-12-10-9-11-13-24/h9-15,18-19H,5-8,16-17H2,1-4H3. The molecule has 224 valence electrons. The second-order valence-electron chi connectivity index (χ2n) is 9.77. The van der Waals surface area contributed by atoms with Crippen LogP contribution in [0.2, 0.25) is 0 Å². The quantitative estimate of drug-likeness (QED) is 0.233. The molecule has 0 spiro atoms. The summed E-state index contributed by atoms with van der Waals surface area (Å²) in [5, 5.41) is 29.0. The Labute approximate surface area is 250 Å². The fraction of sp³-hybridized carbons (Fsp3) is 0.364. The molecule has 3 rings (SSSR count). The molecule has 1 heterocycles. The molecule has 0 radical (unpaired) electrons. The number of rotatable bonds is 12. The molecular formula is C33H33F3N4O3. The van der Waals surface area contributed by atoms with Crippen LogP contribution in [-0.2, 0) is 10.3 Å². The van der Waals surface area contributed by atoms with Gasteiger partial charge in [0, 0.05) is 42.0 Å².